The number of aryl methyl sites for hydroxylation is 1. The second-order valence-electron chi connectivity index (χ2n) is 6.94. The summed E-state index contributed by atoms with van der Waals surface area (Å²) < 4.78 is 1.93. The molecule has 2 heterocycles. The number of nitrogens with one attached hydrogen (secondary N) is 1. The number of piperidine rings is 1. The average Bonchev–Trinajstić information content (AvgIpc) is 3.26. The second kappa shape index (κ2) is 6.22. The van der Waals surface area contributed by atoms with Gasteiger partial charge in [0.1, 0.15) is 5.82 Å². The van der Waals surface area contributed by atoms with E-state index in [4.69, 9.17) is 0 Å². The Labute approximate surface area is 135 Å². The minimum absolute atomic E-state index is 0.0944. The van der Waals surface area contributed by atoms with Crippen LogP contribution < -0.4 is 5.32 Å². The van der Waals surface area contributed by atoms with Gasteiger partial charge in [-0.3, -0.25) is 4.79 Å². The zero-order valence-electron chi connectivity index (χ0n) is 13.6. The minimum atomic E-state index is -0.822. The molecule has 23 heavy (non-hydrogen) atoms. The molecule has 1 aromatic heterocycles. The number of likely N-dealkylation sites (tertiary alicyclic amines) is 1. The van der Waals surface area contributed by atoms with Crippen LogP contribution in [0, 0.1) is 17.8 Å². The predicted octanol–water partition coefficient (Wildman–Crippen LogP) is 1.62. The van der Waals surface area contributed by atoms with Crippen LogP contribution >= 0.6 is 0 Å². The van der Waals surface area contributed by atoms with Gasteiger partial charge in [0.25, 0.3) is 0 Å². The minimum Gasteiger partial charge on any atom is -0.481 e. The molecule has 7 nitrogen and oxygen atoms in total. The number of carbonyl (C=O) groups excluding carboxylic acids is 1. The number of hydrogen-bond acceptors (Lipinski definition) is 3. The SMILES string of the molecule is CC1CC(C(=O)O)CN(C(=O)NC(c2nccn2C)C2CC2)C1. The molecule has 126 valence electrons. The van der Waals surface area contributed by atoms with Gasteiger partial charge in [-0.2, -0.15) is 0 Å². The highest BCUT2D eigenvalue weighted by atomic mass is 16.4. The molecule has 1 saturated carbocycles. The third kappa shape index (κ3) is 3.48. The number of carboxylic acids is 1. The topological polar surface area (TPSA) is 87.5 Å². The average molecular weight is 320 g/mol. The molecule has 2 fully saturated rings. The molecule has 0 bridgehead atoms. The lowest BCUT2D eigenvalue weighted by Crippen LogP contribution is -2.50. The fourth-order valence-corrected chi connectivity index (χ4v) is 3.42. The highest BCUT2D eigenvalue weighted by molar-refractivity contribution is 5.77. The van der Waals surface area contributed by atoms with Gasteiger partial charge in [0.2, 0.25) is 0 Å². The van der Waals surface area contributed by atoms with Crippen molar-refractivity contribution in [1.82, 2.24) is 19.8 Å². The molecular formula is C16H24N4O3. The van der Waals surface area contributed by atoms with Crippen molar-refractivity contribution in [3.63, 3.8) is 0 Å². The highest BCUT2D eigenvalue weighted by Gasteiger charge is 2.38. The van der Waals surface area contributed by atoms with Crippen molar-refractivity contribution >= 4 is 12.0 Å². The standard InChI is InChI=1S/C16H24N4O3/c1-10-7-12(15(21)22)9-20(8-10)16(23)18-13(11-3-4-11)14-17-5-6-19(14)2/h5-6,10-13H,3-4,7-9H2,1-2H3,(H,18,23)(H,21,22). The molecule has 1 aliphatic carbocycles. The summed E-state index contributed by atoms with van der Waals surface area (Å²) in [7, 11) is 1.92. The molecule has 7 heteroatoms. The van der Waals surface area contributed by atoms with Gasteiger partial charge >= 0.3 is 12.0 Å². The first-order chi connectivity index (χ1) is 11.0. The molecule has 3 atom stereocenters. The first-order valence-corrected chi connectivity index (χ1v) is 8.21. The lowest BCUT2D eigenvalue weighted by atomic mass is 9.91. The fraction of sp³-hybridized carbons (Fsp3) is 0.688. The maximum Gasteiger partial charge on any atom is 0.318 e. The van der Waals surface area contributed by atoms with Crippen molar-refractivity contribution in [3.8, 4) is 0 Å². The van der Waals surface area contributed by atoms with Crippen LogP contribution in [0.2, 0.25) is 0 Å². The summed E-state index contributed by atoms with van der Waals surface area (Å²) in [5, 5.41) is 12.3. The summed E-state index contributed by atoms with van der Waals surface area (Å²) in [5.41, 5.74) is 0. The lowest BCUT2D eigenvalue weighted by molar-refractivity contribution is -0.143. The fourth-order valence-electron chi connectivity index (χ4n) is 3.42. The summed E-state index contributed by atoms with van der Waals surface area (Å²) in [6.45, 7) is 2.88. The van der Waals surface area contributed by atoms with Crippen LogP contribution in [0.5, 0.6) is 0 Å². The molecule has 0 spiro atoms. The molecule has 1 aromatic rings. The van der Waals surface area contributed by atoms with Crippen molar-refractivity contribution < 1.29 is 14.7 Å². The normalized spacial score (nSPS) is 25.9. The van der Waals surface area contributed by atoms with Crippen LogP contribution in [-0.4, -0.2) is 44.6 Å². The van der Waals surface area contributed by atoms with Gasteiger partial charge < -0.3 is 19.9 Å². The van der Waals surface area contributed by atoms with E-state index in [1.807, 2.05) is 24.7 Å². The van der Waals surface area contributed by atoms with Gasteiger partial charge in [-0.1, -0.05) is 6.92 Å². The van der Waals surface area contributed by atoms with Gasteiger partial charge in [-0.05, 0) is 31.1 Å². The highest BCUT2D eigenvalue weighted by Crippen LogP contribution is 2.40. The Hall–Kier alpha value is -2.05. The summed E-state index contributed by atoms with van der Waals surface area (Å²) in [4.78, 5) is 29.9. The molecule has 0 aromatic carbocycles. The van der Waals surface area contributed by atoms with E-state index in [0.29, 0.717) is 18.9 Å². The van der Waals surface area contributed by atoms with E-state index in [9.17, 15) is 14.7 Å². The van der Waals surface area contributed by atoms with Crippen LogP contribution in [0.4, 0.5) is 4.79 Å². The van der Waals surface area contributed by atoms with Crippen molar-refractivity contribution in [2.24, 2.45) is 24.8 Å². The number of amides is 2. The van der Waals surface area contributed by atoms with Crippen LogP contribution in [0.3, 0.4) is 0 Å². The smallest absolute Gasteiger partial charge is 0.318 e. The van der Waals surface area contributed by atoms with Crippen molar-refractivity contribution in [2.75, 3.05) is 13.1 Å². The van der Waals surface area contributed by atoms with E-state index in [-0.39, 0.29) is 24.5 Å². The Kier molecular flexibility index (Phi) is 4.28. The van der Waals surface area contributed by atoms with Gasteiger partial charge in [0.15, 0.2) is 0 Å². The number of aromatic nitrogens is 2. The third-order valence-electron chi connectivity index (χ3n) is 4.81. The van der Waals surface area contributed by atoms with Gasteiger partial charge in [0.05, 0.1) is 12.0 Å². The monoisotopic (exact) mass is 320 g/mol. The van der Waals surface area contributed by atoms with E-state index in [0.717, 1.165) is 18.7 Å². The van der Waals surface area contributed by atoms with Crippen LogP contribution in [-0.2, 0) is 11.8 Å². The number of carboxylic acid groups (broad SMARTS) is 1. The van der Waals surface area contributed by atoms with Gasteiger partial charge in [-0.25, -0.2) is 9.78 Å². The number of carbonyl (C=O) groups is 2. The molecule has 1 aliphatic heterocycles. The summed E-state index contributed by atoms with van der Waals surface area (Å²) >= 11 is 0. The zero-order chi connectivity index (χ0) is 16.6. The van der Waals surface area contributed by atoms with E-state index < -0.39 is 11.9 Å². The maximum absolute atomic E-state index is 12.6. The van der Waals surface area contributed by atoms with Crippen LogP contribution in [0.1, 0.15) is 38.1 Å². The number of rotatable bonds is 4. The molecule has 3 rings (SSSR count). The van der Waals surface area contributed by atoms with E-state index in [2.05, 4.69) is 10.3 Å². The van der Waals surface area contributed by atoms with Crippen molar-refractivity contribution in [1.29, 1.82) is 0 Å². The number of urea groups is 1. The zero-order valence-corrected chi connectivity index (χ0v) is 13.6. The van der Waals surface area contributed by atoms with Crippen LogP contribution in [0.25, 0.3) is 0 Å². The quantitative estimate of drug-likeness (QED) is 0.882. The summed E-state index contributed by atoms with van der Waals surface area (Å²) in [6.07, 6.45) is 6.42. The maximum atomic E-state index is 12.6. The first-order valence-electron chi connectivity index (χ1n) is 8.21. The molecule has 0 radical (unpaired) electrons. The Bertz CT molecular complexity index is 596. The molecule has 2 amide bonds. The summed E-state index contributed by atoms with van der Waals surface area (Å²) in [6, 6.07) is -0.272. The largest absolute Gasteiger partial charge is 0.481 e. The lowest BCUT2D eigenvalue weighted by Gasteiger charge is -2.35. The Morgan fingerprint density at radius 3 is 2.70 bits per heavy atom. The number of aliphatic carboxylic acids is 1. The number of nitrogens with zero attached hydrogens (tertiary/aromatic N) is 3. The number of imidazole rings is 1. The Morgan fingerprint density at radius 2 is 2.13 bits per heavy atom. The van der Waals surface area contributed by atoms with E-state index in [1.165, 1.54) is 0 Å². The van der Waals surface area contributed by atoms with E-state index in [1.54, 1.807) is 11.1 Å². The van der Waals surface area contributed by atoms with Crippen molar-refractivity contribution in [3.05, 3.63) is 18.2 Å². The van der Waals surface area contributed by atoms with Gasteiger partial charge in [-0.15, -0.1) is 0 Å². The molecule has 2 N–H and O–H groups in total. The Morgan fingerprint density at radius 1 is 1.39 bits per heavy atom. The van der Waals surface area contributed by atoms with Crippen LogP contribution in [0.15, 0.2) is 12.4 Å². The molecule has 3 unspecified atom stereocenters. The van der Waals surface area contributed by atoms with Crippen molar-refractivity contribution in [2.45, 2.75) is 32.2 Å². The molecular weight excluding hydrogens is 296 g/mol. The predicted molar refractivity (Wildman–Crippen MR) is 83.7 cm³/mol. The first kappa shape index (κ1) is 15.8. The molecule has 1 saturated heterocycles. The Balaban J connectivity index is 1.69. The van der Waals surface area contributed by atoms with Gasteiger partial charge in [0, 0.05) is 32.5 Å². The van der Waals surface area contributed by atoms with E-state index >= 15 is 0 Å². The number of hydrogen-bond donors (Lipinski definition) is 2. The summed E-state index contributed by atoms with van der Waals surface area (Å²) in [5.74, 6) is 0.190. The third-order valence-corrected chi connectivity index (χ3v) is 4.81. The second-order valence-corrected chi connectivity index (χ2v) is 6.94. The molecule has 2 aliphatic rings.